The summed E-state index contributed by atoms with van der Waals surface area (Å²) in [6.07, 6.45) is -0.548. The van der Waals surface area contributed by atoms with Gasteiger partial charge in [0.1, 0.15) is 12.4 Å². The smallest absolute Gasteiger partial charge is 0.407 e. The summed E-state index contributed by atoms with van der Waals surface area (Å²) in [5.74, 6) is 0.279. The second-order valence-electron chi connectivity index (χ2n) is 12.7. The third kappa shape index (κ3) is 8.43. The monoisotopic (exact) mass is 614 g/mol. The number of carboxylic acid groups (broad SMARTS) is 1. The van der Waals surface area contributed by atoms with Gasteiger partial charge in [-0.25, -0.2) is 4.79 Å². The molecule has 244 valence electrons. The van der Waals surface area contributed by atoms with Crippen molar-refractivity contribution in [3.05, 3.63) is 59.2 Å². The van der Waals surface area contributed by atoms with Gasteiger partial charge in [0, 0.05) is 51.9 Å². The molecule has 2 aliphatic heterocycles. The molecule has 44 heavy (non-hydrogen) atoms. The zero-order chi connectivity index (χ0) is 31.7. The lowest BCUT2D eigenvalue weighted by Gasteiger charge is -2.52. The van der Waals surface area contributed by atoms with Crippen molar-refractivity contribution in [1.82, 2.24) is 4.90 Å². The molecule has 2 heterocycles. The number of amides is 1. The number of methoxy groups -OCH3 is 2. The van der Waals surface area contributed by atoms with E-state index in [-0.39, 0.29) is 25.0 Å². The van der Waals surface area contributed by atoms with E-state index in [4.69, 9.17) is 23.7 Å². The average Bonchev–Trinajstić information content (AvgIpc) is 3.01. The molecule has 0 spiro atoms. The first kappa shape index (κ1) is 34.0. The Morgan fingerprint density at radius 3 is 2.39 bits per heavy atom. The zero-order valence-corrected chi connectivity index (χ0v) is 26.9. The van der Waals surface area contributed by atoms with Gasteiger partial charge in [0.2, 0.25) is 0 Å². The summed E-state index contributed by atoms with van der Waals surface area (Å²) in [6.45, 7) is 11.0. The van der Waals surface area contributed by atoms with E-state index in [9.17, 15) is 15.0 Å². The van der Waals surface area contributed by atoms with Crippen LogP contribution in [0.25, 0.3) is 0 Å². The molecule has 1 saturated heterocycles. The normalized spacial score (nSPS) is 22.0. The fraction of sp³-hybridized carbons (Fsp3) is 0.618. The first-order valence-electron chi connectivity index (χ1n) is 15.5. The zero-order valence-electron chi connectivity index (χ0n) is 26.9. The maximum Gasteiger partial charge on any atom is 0.407 e. The highest BCUT2D eigenvalue weighted by Crippen LogP contribution is 2.45. The van der Waals surface area contributed by atoms with Crippen molar-refractivity contribution in [3.63, 3.8) is 0 Å². The summed E-state index contributed by atoms with van der Waals surface area (Å²) in [4.78, 5) is 16.4. The van der Waals surface area contributed by atoms with Crippen molar-refractivity contribution >= 4 is 11.8 Å². The highest BCUT2D eigenvalue weighted by molar-refractivity contribution is 5.66. The largest absolute Gasteiger partial charge is 0.490 e. The Morgan fingerprint density at radius 2 is 1.73 bits per heavy atom. The fourth-order valence-corrected chi connectivity index (χ4v) is 6.67. The molecule has 2 aromatic carbocycles. The Balaban J connectivity index is 1.59. The highest BCUT2D eigenvalue weighted by atomic mass is 16.5. The van der Waals surface area contributed by atoms with Crippen LogP contribution in [0.4, 0.5) is 10.5 Å². The van der Waals surface area contributed by atoms with Crippen LogP contribution in [-0.4, -0.2) is 100 Å². The number of piperidine rings is 1. The van der Waals surface area contributed by atoms with E-state index in [1.807, 2.05) is 45.0 Å². The molecule has 0 radical (unpaired) electrons. The van der Waals surface area contributed by atoms with E-state index < -0.39 is 23.7 Å². The van der Waals surface area contributed by atoms with E-state index >= 15 is 0 Å². The minimum Gasteiger partial charge on any atom is -0.490 e. The van der Waals surface area contributed by atoms with Gasteiger partial charge in [-0.3, -0.25) is 0 Å². The van der Waals surface area contributed by atoms with Crippen LogP contribution in [0.5, 0.6) is 5.75 Å². The lowest BCUT2D eigenvalue weighted by molar-refractivity contribution is -0.0934. The van der Waals surface area contributed by atoms with Gasteiger partial charge < -0.3 is 43.7 Å². The van der Waals surface area contributed by atoms with Gasteiger partial charge >= 0.3 is 6.09 Å². The number of ether oxygens (including phenoxy) is 5. The number of hydrogen-bond donors (Lipinski definition) is 2. The van der Waals surface area contributed by atoms with E-state index in [1.165, 1.54) is 4.90 Å². The van der Waals surface area contributed by atoms with E-state index in [0.717, 1.165) is 47.6 Å². The van der Waals surface area contributed by atoms with Crippen molar-refractivity contribution in [2.45, 2.75) is 58.5 Å². The van der Waals surface area contributed by atoms with Gasteiger partial charge in [0.15, 0.2) is 0 Å². The first-order chi connectivity index (χ1) is 21.2. The van der Waals surface area contributed by atoms with Crippen LogP contribution in [0.1, 0.15) is 49.8 Å². The molecule has 4 rings (SSSR count). The fourth-order valence-electron chi connectivity index (χ4n) is 6.67. The molecule has 0 aliphatic carbocycles. The molecule has 10 nitrogen and oxygen atoms in total. The number of likely N-dealkylation sites (tertiary alicyclic amines) is 1. The number of aliphatic hydroxyl groups is 1. The second-order valence-corrected chi connectivity index (χ2v) is 12.7. The summed E-state index contributed by atoms with van der Waals surface area (Å²) in [5.41, 5.74) is 3.66. The minimum atomic E-state index is -1.00. The van der Waals surface area contributed by atoms with Crippen LogP contribution in [0.15, 0.2) is 42.5 Å². The maximum absolute atomic E-state index is 12.6. The number of anilines is 1. The van der Waals surface area contributed by atoms with Crippen LogP contribution >= 0.6 is 0 Å². The van der Waals surface area contributed by atoms with Crippen LogP contribution in [0.2, 0.25) is 0 Å². The van der Waals surface area contributed by atoms with Crippen molar-refractivity contribution < 1.29 is 38.7 Å². The lowest BCUT2D eigenvalue weighted by atomic mass is 9.67. The van der Waals surface area contributed by atoms with Crippen molar-refractivity contribution in [2.24, 2.45) is 11.3 Å². The molecule has 1 amide bonds. The molecule has 2 aromatic rings. The minimum absolute atomic E-state index is 0.162. The number of hydrogen-bond acceptors (Lipinski definition) is 8. The summed E-state index contributed by atoms with van der Waals surface area (Å²) in [5, 5.41) is 21.1. The predicted octanol–water partition coefficient (Wildman–Crippen LogP) is 4.77. The van der Waals surface area contributed by atoms with Crippen LogP contribution < -0.4 is 9.64 Å². The molecule has 4 atom stereocenters. The summed E-state index contributed by atoms with van der Waals surface area (Å²) >= 11 is 0. The average molecular weight is 615 g/mol. The highest BCUT2D eigenvalue weighted by Gasteiger charge is 2.50. The molecule has 0 saturated carbocycles. The Kier molecular flexibility index (Phi) is 12.3. The van der Waals surface area contributed by atoms with Gasteiger partial charge in [-0.15, -0.1) is 0 Å². The topological polar surface area (TPSA) is 110 Å². The third-order valence-electron chi connectivity index (χ3n) is 8.61. The summed E-state index contributed by atoms with van der Waals surface area (Å²) in [6, 6.07) is 13.9. The molecule has 2 aliphatic rings. The molecular weight excluding hydrogens is 564 g/mol. The standard InChI is InChI=1S/C34H50N2O8/c1-34(2,3)32-27(21-37)31(26-10-7-24(8-11-26)22-42-18-17-41-5)30(20-36(32)33(38)39)44-23-25-9-12-29-28(19-25)35(14-16-43-29)13-6-15-40-4/h7-12,19,27,30-32,37H,6,13-18,20-23H2,1-5H3,(H,38,39)/t27-,30-,31-,32?/m0/s1. The number of fused-ring (bicyclic) bond motifs is 1. The molecule has 10 heteroatoms. The Bertz CT molecular complexity index is 1180. The Morgan fingerprint density at radius 1 is 1.00 bits per heavy atom. The maximum atomic E-state index is 12.6. The molecule has 1 unspecified atom stereocenters. The van der Waals surface area contributed by atoms with E-state index in [1.54, 1.807) is 14.2 Å². The molecule has 0 bridgehead atoms. The first-order valence-corrected chi connectivity index (χ1v) is 15.5. The Labute approximate surface area is 261 Å². The quantitative estimate of drug-likeness (QED) is 0.291. The van der Waals surface area contributed by atoms with Crippen molar-refractivity contribution in [3.8, 4) is 5.75 Å². The van der Waals surface area contributed by atoms with Crippen LogP contribution in [0, 0.1) is 11.3 Å². The number of carbonyl (C=O) groups is 1. The molecular formula is C34H50N2O8. The second kappa shape index (κ2) is 15.9. The molecule has 1 fully saturated rings. The van der Waals surface area contributed by atoms with Gasteiger partial charge in [0.25, 0.3) is 0 Å². The molecule has 0 aromatic heterocycles. The van der Waals surface area contributed by atoms with Gasteiger partial charge in [-0.05, 0) is 40.7 Å². The SMILES string of the molecule is COCCCN1CCOc2ccc(CO[C@H]3CN(C(=O)O)C(C(C)(C)C)[C@@H](CO)[C@@H]3c3ccc(COCCOC)cc3)cc21. The summed E-state index contributed by atoms with van der Waals surface area (Å²) in [7, 11) is 3.36. The van der Waals surface area contributed by atoms with Crippen LogP contribution in [0.3, 0.4) is 0 Å². The lowest BCUT2D eigenvalue weighted by Crippen LogP contribution is -2.62. The number of benzene rings is 2. The van der Waals surface area contributed by atoms with Crippen molar-refractivity contribution in [2.75, 3.05) is 71.8 Å². The predicted molar refractivity (Wildman–Crippen MR) is 168 cm³/mol. The van der Waals surface area contributed by atoms with Crippen molar-refractivity contribution in [1.29, 1.82) is 0 Å². The number of rotatable bonds is 14. The van der Waals surface area contributed by atoms with Gasteiger partial charge in [-0.2, -0.15) is 0 Å². The number of aliphatic hydroxyl groups excluding tert-OH is 1. The van der Waals surface area contributed by atoms with Gasteiger partial charge in [0.05, 0.1) is 51.3 Å². The van der Waals surface area contributed by atoms with Crippen LogP contribution in [-0.2, 0) is 32.2 Å². The van der Waals surface area contributed by atoms with E-state index in [0.29, 0.717) is 39.6 Å². The Hall–Kier alpha value is -2.89. The van der Waals surface area contributed by atoms with E-state index in [2.05, 4.69) is 23.1 Å². The molecule has 2 N–H and O–H groups in total. The summed E-state index contributed by atoms with van der Waals surface area (Å²) < 4.78 is 28.5. The van der Waals surface area contributed by atoms with Gasteiger partial charge in [-0.1, -0.05) is 51.1 Å². The number of nitrogens with zero attached hydrogens (tertiary/aromatic N) is 2. The third-order valence-corrected chi connectivity index (χ3v) is 8.61.